The number of ketones is 2. The first-order valence-corrected chi connectivity index (χ1v) is 12.1. The van der Waals surface area contributed by atoms with Crippen LogP contribution in [0.2, 0.25) is 0 Å². The fourth-order valence-electron chi connectivity index (χ4n) is 4.60. The van der Waals surface area contributed by atoms with E-state index in [1.807, 2.05) is 42.7 Å². The number of benzene rings is 1. The number of Topliss-reactive ketones (excluding diaryl/α,β-unsaturated/α-hetero) is 2. The van der Waals surface area contributed by atoms with E-state index in [-0.39, 0.29) is 11.6 Å². The van der Waals surface area contributed by atoms with Gasteiger partial charge in [0.05, 0.1) is 5.92 Å². The molecule has 1 heterocycles. The molecule has 0 amide bonds. The summed E-state index contributed by atoms with van der Waals surface area (Å²) in [7, 11) is 0. The lowest BCUT2D eigenvalue weighted by Gasteiger charge is -2.28. The first-order chi connectivity index (χ1) is 15.1. The van der Waals surface area contributed by atoms with Gasteiger partial charge in [0.2, 0.25) is 0 Å². The third-order valence-electron chi connectivity index (χ3n) is 6.63. The Morgan fingerprint density at radius 2 is 1.71 bits per heavy atom. The van der Waals surface area contributed by atoms with Crippen molar-refractivity contribution in [3.8, 4) is 0 Å². The molecule has 3 rings (SSSR count). The van der Waals surface area contributed by atoms with E-state index in [2.05, 4.69) is 23.8 Å². The molecule has 1 aromatic carbocycles. The Kier molecular flexibility index (Phi) is 8.93. The van der Waals surface area contributed by atoms with Crippen LogP contribution in [-0.4, -0.2) is 21.5 Å². The van der Waals surface area contributed by atoms with E-state index < -0.39 is 11.8 Å². The number of nitrogens with zero attached hydrogens (tertiary/aromatic N) is 2. The summed E-state index contributed by atoms with van der Waals surface area (Å²) in [6.45, 7) is 4.34. The van der Waals surface area contributed by atoms with Crippen LogP contribution in [-0.2, 0) is 16.0 Å². The molecule has 2 aromatic rings. The molecule has 3 unspecified atom stereocenters. The Bertz CT molecular complexity index is 832. The summed E-state index contributed by atoms with van der Waals surface area (Å²) < 4.78 is 0. The van der Waals surface area contributed by atoms with Crippen LogP contribution in [0.15, 0.2) is 42.7 Å². The lowest BCUT2D eigenvalue weighted by atomic mass is 9.74. The number of hydrogen-bond acceptors (Lipinski definition) is 4. The second-order valence-electron chi connectivity index (χ2n) is 8.93. The third-order valence-corrected chi connectivity index (χ3v) is 6.63. The van der Waals surface area contributed by atoms with Gasteiger partial charge in [0.1, 0.15) is 17.5 Å². The summed E-state index contributed by atoms with van der Waals surface area (Å²) >= 11 is 0. The molecule has 3 atom stereocenters. The van der Waals surface area contributed by atoms with Gasteiger partial charge < -0.3 is 0 Å². The first-order valence-electron chi connectivity index (χ1n) is 12.1. The van der Waals surface area contributed by atoms with Crippen LogP contribution < -0.4 is 0 Å². The molecule has 0 N–H and O–H groups in total. The zero-order valence-corrected chi connectivity index (χ0v) is 19.1. The number of aromatic nitrogens is 2. The highest BCUT2D eigenvalue weighted by Gasteiger charge is 2.38. The highest BCUT2D eigenvalue weighted by molar-refractivity contribution is 6.06. The van der Waals surface area contributed by atoms with Crippen LogP contribution in [0.25, 0.3) is 0 Å². The van der Waals surface area contributed by atoms with Crippen LogP contribution in [0.1, 0.15) is 94.5 Å². The molecular formula is C27H36N2O2. The molecule has 4 nitrogen and oxygen atoms in total. The first kappa shape index (κ1) is 23.3. The van der Waals surface area contributed by atoms with Crippen LogP contribution in [0.3, 0.4) is 0 Å². The summed E-state index contributed by atoms with van der Waals surface area (Å²) in [4.78, 5) is 35.5. The van der Waals surface area contributed by atoms with Gasteiger partial charge in [-0.15, -0.1) is 0 Å². The second kappa shape index (κ2) is 11.9. The van der Waals surface area contributed by atoms with E-state index >= 15 is 0 Å². The Morgan fingerprint density at radius 1 is 1.00 bits per heavy atom. The molecule has 0 aliphatic heterocycles. The van der Waals surface area contributed by atoms with Crippen molar-refractivity contribution in [2.45, 2.75) is 84.0 Å². The van der Waals surface area contributed by atoms with Crippen molar-refractivity contribution in [1.29, 1.82) is 0 Å². The largest absolute Gasteiger partial charge is 0.299 e. The molecule has 0 spiro atoms. The molecule has 1 fully saturated rings. The maximum Gasteiger partial charge on any atom is 0.158 e. The zero-order valence-electron chi connectivity index (χ0n) is 19.1. The topological polar surface area (TPSA) is 59.9 Å². The summed E-state index contributed by atoms with van der Waals surface area (Å²) in [5, 5.41) is 0. The molecule has 0 bridgehead atoms. The second-order valence-corrected chi connectivity index (χ2v) is 8.93. The van der Waals surface area contributed by atoms with Crippen molar-refractivity contribution in [3.63, 3.8) is 0 Å². The summed E-state index contributed by atoms with van der Waals surface area (Å²) in [5.41, 5.74) is 1.98. The molecule has 1 saturated carbocycles. The predicted molar refractivity (Wildman–Crippen MR) is 124 cm³/mol. The van der Waals surface area contributed by atoms with Crippen molar-refractivity contribution in [1.82, 2.24) is 9.97 Å². The SMILES string of the molecule is CCCCCCCc1cnc(C(C(=O)C2CCC(CC)CC2=O)c2ccccc2)nc1. The number of carbonyl (C=O) groups is 2. The van der Waals surface area contributed by atoms with Gasteiger partial charge in [0.15, 0.2) is 5.78 Å². The van der Waals surface area contributed by atoms with Crippen LogP contribution in [0, 0.1) is 11.8 Å². The van der Waals surface area contributed by atoms with Crippen molar-refractivity contribution < 1.29 is 9.59 Å². The van der Waals surface area contributed by atoms with E-state index in [1.165, 1.54) is 25.7 Å². The van der Waals surface area contributed by atoms with Gasteiger partial charge in [-0.2, -0.15) is 0 Å². The summed E-state index contributed by atoms with van der Waals surface area (Å²) in [6, 6.07) is 9.67. The van der Waals surface area contributed by atoms with Gasteiger partial charge >= 0.3 is 0 Å². The van der Waals surface area contributed by atoms with Crippen LogP contribution >= 0.6 is 0 Å². The van der Waals surface area contributed by atoms with Crippen molar-refractivity contribution in [2.24, 2.45) is 11.8 Å². The van der Waals surface area contributed by atoms with E-state index in [9.17, 15) is 9.59 Å². The van der Waals surface area contributed by atoms with Crippen LogP contribution in [0.4, 0.5) is 0 Å². The average molecular weight is 421 g/mol. The molecular weight excluding hydrogens is 384 g/mol. The lowest BCUT2D eigenvalue weighted by molar-refractivity contribution is -0.135. The Balaban J connectivity index is 1.75. The number of carbonyl (C=O) groups excluding carboxylic acids is 2. The summed E-state index contributed by atoms with van der Waals surface area (Å²) in [6.07, 6.45) is 14.0. The molecule has 4 heteroatoms. The highest BCUT2D eigenvalue weighted by Crippen LogP contribution is 2.34. The van der Waals surface area contributed by atoms with Crippen molar-refractivity contribution >= 4 is 11.6 Å². The van der Waals surface area contributed by atoms with E-state index in [0.29, 0.717) is 24.6 Å². The van der Waals surface area contributed by atoms with Crippen molar-refractivity contribution in [3.05, 3.63) is 59.7 Å². The maximum absolute atomic E-state index is 13.6. The molecule has 166 valence electrons. The van der Waals surface area contributed by atoms with E-state index in [0.717, 1.165) is 36.8 Å². The van der Waals surface area contributed by atoms with E-state index in [1.54, 1.807) is 0 Å². The van der Waals surface area contributed by atoms with Gasteiger partial charge in [-0.1, -0.05) is 76.3 Å². The van der Waals surface area contributed by atoms with Gasteiger partial charge in [-0.3, -0.25) is 9.59 Å². The number of aryl methyl sites for hydroxylation is 1. The minimum absolute atomic E-state index is 0.0435. The highest BCUT2D eigenvalue weighted by atomic mass is 16.2. The number of hydrogen-bond donors (Lipinski definition) is 0. The van der Waals surface area contributed by atoms with Gasteiger partial charge in [-0.25, -0.2) is 9.97 Å². The monoisotopic (exact) mass is 420 g/mol. The maximum atomic E-state index is 13.6. The lowest BCUT2D eigenvalue weighted by Crippen LogP contribution is -2.34. The standard InChI is InChI=1S/C27H36N2O2/c1-3-5-6-7-9-12-21-18-28-27(29-19-21)25(22-13-10-8-11-14-22)26(31)23-16-15-20(4-2)17-24(23)30/h8,10-11,13-14,18-20,23,25H,3-7,9,12,15-17H2,1-2H3. The Labute approximate surface area is 186 Å². The molecule has 1 aliphatic rings. The van der Waals surface area contributed by atoms with Gasteiger partial charge in [-0.05, 0) is 42.7 Å². The molecule has 1 aliphatic carbocycles. The number of rotatable bonds is 11. The molecule has 0 saturated heterocycles. The summed E-state index contributed by atoms with van der Waals surface area (Å²) in [5.74, 6) is -0.136. The predicted octanol–water partition coefficient (Wildman–Crippen LogP) is 6.09. The Hall–Kier alpha value is -2.36. The minimum Gasteiger partial charge on any atom is -0.299 e. The van der Waals surface area contributed by atoms with Gasteiger partial charge in [0.25, 0.3) is 0 Å². The normalized spacial score (nSPS) is 19.9. The molecule has 0 radical (unpaired) electrons. The molecule has 31 heavy (non-hydrogen) atoms. The smallest absolute Gasteiger partial charge is 0.158 e. The quantitative estimate of drug-likeness (QED) is 0.326. The molecule has 1 aromatic heterocycles. The van der Waals surface area contributed by atoms with E-state index in [4.69, 9.17) is 0 Å². The Morgan fingerprint density at radius 3 is 2.35 bits per heavy atom. The van der Waals surface area contributed by atoms with Crippen molar-refractivity contribution in [2.75, 3.05) is 0 Å². The van der Waals surface area contributed by atoms with Gasteiger partial charge in [0, 0.05) is 18.8 Å². The zero-order chi connectivity index (χ0) is 22.1. The van der Waals surface area contributed by atoms with Crippen LogP contribution in [0.5, 0.6) is 0 Å². The average Bonchev–Trinajstić information content (AvgIpc) is 2.80. The minimum atomic E-state index is -0.577. The third kappa shape index (κ3) is 6.32. The fraction of sp³-hybridized carbons (Fsp3) is 0.556. The number of unbranched alkanes of at least 4 members (excludes halogenated alkanes) is 4. The fourth-order valence-corrected chi connectivity index (χ4v) is 4.60.